The van der Waals surface area contributed by atoms with Crippen molar-refractivity contribution in [3.8, 4) is 5.75 Å². The molecule has 1 aromatic rings. The van der Waals surface area contributed by atoms with E-state index in [9.17, 15) is 14.4 Å². The summed E-state index contributed by atoms with van der Waals surface area (Å²) in [6.45, 7) is 1.72. The van der Waals surface area contributed by atoms with Crippen LogP contribution in [0.2, 0.25) is 0 Å². The number of imide groups is 1. The maximum Gasteiger partial charge on any atom is 0.323 e. The lowest BCUT2D eigenvalue weighted by atomic mass is 10.1. The molecule has 7 heteroatoms. The number of amides is 3. The second-order valence-corrected chi connectivity index (χ2v) is 4.11. The van der Waals surface area contributed by atoms with Gasteiger partial charge in [-0.15, -0.1) is 0 Å². The molecule has 0 fully saturated rings. The van der Waals surface area contributed by atoms with Gasteiger partial charge in [0.05, 0.1) is 5.69 Å². The first-order valence-electron chi connectivity index (χ1n) is 5.63. The van der Waals surface area contributed by atoms with Crippen molar-refractivity contribution in [2.45, 2.75) is 19.6 Å². The highest BCUT2D eigenvalue weighted by molar-refractivity contribution is 6.45. The molecule has 7 nitrogen and oxygen atoms in total. The van der Waals surface area contributed by atoms with Crippen molar-refractivity contribution >= 4 is 23.4 Å². The van der Waals surface area contributed by atoms with Gasteiger partial charge in [0.25, 0.3) is 5.91 Å². The zero-order valence-electron chi connectivity index (χ0n) is 10.3. The van der Waals surface area contributed by atoms with Crippen LogP contribution in [-0.4, -0.2) is 23.8 Å². The van der Waals surface area contributed by atoms with Crippen molar-refractivity contribution in [2.75, 3.05) is 4.90 Å². The van der Waals surface area contributed by atoms with Crippen LogP contribution < -0.4 is 21.1 Å². The van der Waals surface area contributed by atoms with Crippen LogP contribution in [0.5, 0.6) is 5.75 Å². The summed E-state index contributed by atoms with van der Waals surface area (Å²) in [4.78, 5) is 35.5. The third-order valence-electron chi connectivity index (χ3n) is 2.79. The van der Waals surface area contributed by atoms with Gasteiger partial charge in [0.2, 0.25) is 0 Å². The third-order valence-corrected chi connectivity index (χ3v) is 2.79. The van der Waals surface area contributed by atoms with E-state index in [1.54, 1.807) is 12.1 Å². The smallest absolute Gasteiger partial charge is 0.323 e. The van der Waals surface area contributed by atoms with Crippen molar-refractivity contribution < 1.29 is 19.1 Å². The summed E-state index contributed by atoms with van der Waals surface area (Å²) in [6, 6.07) is 4.84. The molecule has 1 aliphatic heterocycles. The van der Waals surface area contributed by atoms with Gasteiger partial charge in [-0.3, -0.25) is 14.4 Å². The van der Waals surface area contributed by atoms with Crippen LogP contribution in [0.3, 0.4) is 0 Å². The molecule has 0 radical (unpaired) electrons. The molecule has 1 atom stereocenters. The quantitative estimate of drug-likeness (QED) is 0.648. The fourth-order valence-electron chi connectivity index (χ4n) is 1.83. The van der Waals surface area contributed by atoms with E-state index in [0.717, 1.165) is 4.90 Å². The standard InChI is InChI=1S/C12H13N3O4/c1-6-11(17)15(12(18)10(14)16)8-4-7(5-13)2-3-9(8)19-6/h2-4,6H,5,13H2,1H3,(H2,14,16). The minimum atomic E-state index is -1.20. The lowest BCUT2D eigenvalue weighted by Crippen LogP contribution is -2.51. The molecule has 0 saturated heterocycles. The van der Waals surface area contributed by atoms with E-state index >= 15 is 0 Å². The SMILES string of the molecule is CC1Oc2ccc(CN)cc2N(C(=O)C(N)=O)C1=O. The van der Waals surface area contributed by atoms with Gasteiger partial charge < -0.3 is 16.2 Å². The number of nitrogens with two attached hydrogens (primary N) is 2. The van der Waals surface area contributed by atoms with Crippen LogP contribution >= 0.6 is 0 Å². The van der Waals surface area contributed by atoms with Crippen LogP contribution in [0.25, 0.3) is 0 Å². The number of nitrogens with zero attached hydrogens (tertiary/aromatic N) is 1. The molecule has 1 unspecified atom stereocenters. The van der Waals surface area contributed by atoms with Gasteiger partial charge in [0.15, 0.2) is 6.10 Å². The normalized spacial score (nSPS) is 17.7. The average molecular weight is 263 g/mol. The summed E-state index contributed by atoms with van der Waals surface area (Å²) in [5.74, 6) is -2.59. The Morgan fingerprint density at radius 1 is 1.42 bits per heavy atom. The number of primary amides is 1. The number of fused-ring (bicyclic) bond motifs is 1. The third kappa shape index (κ3) is 2.15. The Morgan fingerprint density at radius 3 is 2.68 bits per heavy atom. The lowest BCUT2D eigenvalue weighted by Gasteiger charge is -2.31. The Hall–Kier alpha value is -2.41. The Balaban J connectivity index is 2.56. The van der Waals surface area contributed by atoms with E-state index in [4.69, 9.17) is 16.2 Å². The Labute approximate surface area is 109 Å². The molecule has 4 N–H and O–H groups in total. The maximum atomic E-state index is 12.0. The number of carbonyl (C=O) groups is 3. The minimum absolute atomic E-state index is 0.190. The van der Waals surface area contributed by atoms with Crippen LogP contribution in [0.4, 0.5) is 5.69 Å². The summed E-state index contributed by atoms with van der Waals surface area (Å²) in [5, 5.41) is 0. The number of hydrogen-bond acceptors (Lipinski definition) is 5. The highest BCUT2D eigenvalue weighted by Gasteiger charge is 2.37. The van der Waals surface area contributed by atoms with E-state index in [-0.39, 0.29) is 12.2 Å². The predicted molar refractivity (Wildman–Crippen MR) is 66.1 cm³/mol. The first kappa shape index (κ1) is 13.0. The van der Waals surface area contributed by atoms with Crippen LogP contribution in [0, 0.1) is 0 Å². The van der Waals surface area contributed by atoms with E-state index in [1.165, 1.54) is 13.0 Å². The summed E-state index contributed by atoms with van der Waals surface area (Å²) in [6.07, 6.45) is -0.862. The molecule has 0 bridgehead atoms. The first-order valence-corrected chi connectivity index (χ1v) is 5.63. The zero-order valence-corrected chi connectivity index (χ0v) is 10.3. The molecule has 19 heavy (non-hydrogen) atoms. The Bertz CT molecular complexity index is 570. The largest absolute Gasteiger partial charge is 0.479 e. The van der Waals surface area contributed by atoms with Gasteiger partial charge in [-0.25, -0.2) is 4.90 Å². The first-order chi connectivity index (χ1) is 8.95. The van der Waals surface area contributed by atoms with Crippen LogP contribution in [0.15, 0.2) is 18.2 Å². The number of rotatable bonds is 1. The molecule has 100 valence electrons. The van der Waals surface area contributed by atoms with Crippen molar-refractivity contribution in [3.05, 3.63) is 23.8 Å². The Morgan fingerprint density at radius 2 is 2.11 bits per heavy atom. The van der Waals surface area contributed by atoms with E-state index < -0.39 is 23.8 Å². The number of benzene rings is 1. The van der Waals surface area contributed by atoms with Crippen molar-refractivity contribution in [2.24, 2.45) is 11.5 Å². The fourth-order valence-corrected chi connectivity index (χ4v) is 1.83. The molecule has 2 rings (SSSR count). The molecule has 1 aromatic carbocycles. The summed E-state index contributed by atoms with van der Waals surface area (Å²) >= 11 is 0. The van der Waals surface area contributed by atoms with Crippen molar-refractivity contribution in [3.63, 3.8) is 0 Å². The number of anilines is 1. The number of ether oxygens (including phenoxy) is 1. The second-order valence-electron chi connectivity index (χ2n) is 4.11. The molecular formula is C12H13N3O4. The average Bonchev–Trinajstić information content (AvgIpc) is 2.39. The van der Waals surface area contributed by atoms with Crippen LogP contribution in [0.1, 0.15) is 12.5 Å². The molecule has 0 aromatic heterocycles. The molecular weight excluding hydrogens is 250 g/mol. The van der Waals surface area contributed by atoms with Gasteiger partial charge in [-0.1, -0.05) is 6.07 Å². The van der Waals surface area contributed by atoms with Gasteiger partial charge in [0, 0.05) is 6.54 Å². The lowest BCUT2D eigenvalue weighted by molar-refractivity contribution is -0.139. The fraction of sp³-hybridized carbons (Fsp3) is 0.250. The molecule has 3 amide bonds. The van der Waals surface area contributed by atoms with Crippen molar-refractivity contribution in [1.29, 1.82) is 0 Å². The summed E-state index contributed by atoms with van der Waals surface area (Å²) < 4.78 is 5.37. The Kier molecular flexibility index (Phi) is 3.22. The van der Waals surface area contributed by atoms with Gasteiger partial charge in [-0.2, -0.15) is 0 Å². The number of carbonyl (C=O) groups excluding carboxylic acids is 3. The molecule has 1 aliphatic rings. The van der Waals surface area contributed by atoms with Gasteiger partial charge in [-0.05, 0) is 24.6 Å². The molecule has 0 spiro atoms. The maximum absolute atomic E-state index is 12.0. The molecule has 0 aliphatic carbocycles. The monoisotopic (exact) mass is 263 g/mol. The topological polar surface area (TPSA) is 116 Å². The predicted octanol–water partition coefficient (Wildman–Crippen LogP) is -0.729. The highest BCUT2D eigenvalue weighted by atomic mass is 16.5. The van der Waals surface area contributed by atoms with E-state index in [0.29, 0.717) is 11.3 Å². The molecule has 0 saturated carbocycles. The highest BCUT2D eigenvalue weighted by Crippen LogP contribution is 2.34. The number of hydrogen-bond donors (Lipinski definition) is 2. The molecule has 1 heterocycles. The van der Waals surface area contributed by atoms with E-state index in [2.05, 4.69) is 0 Å². The summed E-state index contributed by atoms with van der Waals surface area (Å²) in [5.41, 5.74) is 11.4. The zero-order chi connectivity index (χ0) is 14.2. The second kappa shape index (κ2) is 4.69. The van der Waals surface area contributed by atoms with E-state index in [1.807, 2.05) is 0 Å². The van der Waals surface area contributed by atoms with Crippen LogP contribution in [-0.2, 0) is 20.9 Å². The summed E-state index contributed by atoms with van der Waals surface area (Å²) in [7, 11) is 0. The van der Waals surface area contributed by atoms with Crippen molar-refractivity contribution in [1.82, 2.24) is 0 Å². The van der Waals surface area contributed by atoms with Gasteiger partial charge >= 0.3 is 11.8 Å². The minimum Gasteiger partial charge on any atom is -0.479 e. The van der Waals surface area contributed by atoms with Gasteiger partial charge in [0.1, 0.15) is 5.75 Å².